The van der Waals surface area contributed by atoms with E-state index in [0.717, 1.165) is 43.7 Å². The molecule has 2 aliphatic rings. The van der Waals surface area contributed by atoms with Crippen molar-refractivity contribution in [2.75, 3.05) is 33.2 Å². The third-order valence-electron chi connectivity index (χ3n) is 4.97. The van der Waals surface area contributed by atoms with Gasteiger partial charge in [-0.05, 0) is 31.2 Å². The molecule has 0 bridgehead atoms. The van der Waals surface area contributed by atoms with Gasteiger partial charge in [0.15, 0.2) is 5.82 Å². The molecule has 0 aliphatic carbocycles. The van der Waals surface area contributed by atoms with Gasteiger partial charge in [0, 0.05) is 44.7 Å². The Morgan fingerprint density at radius 3 is 3.08 bits per heavy atom. The standard InChI is InChI=1S/C18H23N5O2/c1-22-9-7-19-11-15(22)17-20-18(25-21-17)14-5-2-4-13(10-14)12-23-8-3-6-16(23)24/h2,4-5,10,15,19H,3,6-9,11-12H2,1H3. The van der Waals surface area contributed by atoms with Crippen LogP contribution in [-0.2, 0) is 11.3 Å². The second-order valence-corrected chi connectivity index (χ2v) is 6.78. The number of rotatable bonds is 4. The number of piperazine rings is 1. The molecule has 132 valence electrons. The van der Waals surface area contributed by atoms with Gasteiger partial charge in [-0.2, -0.15) is 4.98 Å². The van der Waals surface area contributed by atoms with E-state index >= 15 is 0 Å². The van der Waals surface area contributed by atoms with Gasteiger partial charge in [-0.3, -0.25) is 9.69 Å². The topological polar surface area (TPSA) is 74.5 Å². The zero-order valence-corrected chi connectivity index (χ0v) is 14.4. The number of benzene rings is 1. The smallest absolute Gasteiger partial charge is 0.257 e. The van der Waals surface area contributed by atoms with Crippen molar-refractivity contribution in [1.29, 1.82) is 0 Å². The maximum Gasteiger partial charge on any atom is 0.257 e. The molecule has 1 aromatic carbocycles. The van der Waals surface area contributed by atoms with Crippen LogP contribution in [-0.4, -0.2) is 59.1 Å². The maximum atomic E-state index is 11.8. The minimum Gasteiger partial charge on any atom is -0.338 e. The van der Waals surface area contributed by atoms with E-state index in [0.29, 0.717) is 24.7 Å². The third-order valence-corrected chi connectivity index (χ3v) is 4.97. The molecule has 7 heteroatoms. The van der Waals surface area contributed by atoms with Crippen LogP contribution in [0.25, 0.3) is 11.5 Å². The lowest BCUT2D eigenvalue weighted by Crippen LogP contribution is -2.44. The number of nitrogens with one attached hydrogen (secondary N) is 1. The Morgan fingerprint density at radius 1 is 1.36 bits per heavy atom. The number of hydrogen-bond donors (Lipinski definition) is 1. The maximum absolute atomic E-state index is 11.8. The van der Waals surface area contributed by atoms with Crippen molar-refractivity contribution in [1.82, 2.24) is 25.3 Å². The Kier molecular flexibility index (Phi) is 4.50. The van der Waals surface area contributed by atoms with Crippen LogP contribution in [0.5, 0.6) is 0 Å². The molecule has 2 aliphatic heterocycles. The average Bonchev–Trinajstić information content (AvgIpc) is 3.26. The predicted octanol–water partition coefficient (Wildman–Crippen LogP) is 1.44. The lowest BCUT2D eigenvalue weighted by atomic mass is 10.1. The van der Waals surface area contributed by atoms with Gasteiger partial charge < -0.3 is 14.7 Å². The Morgan fingerprint density at radius 2 is 2.28 bits per heavy atom. The summed E-state index contributed by atoms with van der Waals surface area (Å²) >= 11 is 0. The van der Waals surface area contributed by atoms with Gasteiger partial charge >= 0.3 is 0 Å². The predicted molar refractivity (Wildman–Crippen MR) is 92.6 cm³/mol. The summed E-state index contributed by atoms with van der Waals surface area (Å²) in [7, 11) is 2.08. The van der Waals surface area contributed by atoms with E-state index in [4.69, 9.17) is 4.52 Å². The first kappa shape index (κ1) is 16.2. The van der Waals surface area contributed by atoms with Crippen molar-refractivity contribution >= 4 is 5.91 Å². The molecule has 2 saturated heterocycles. The normalized spacial score (nSPS) is 21.9. The number of carbonyl (C=O) groups is 1. The van der Waals surface area contributed by atoms with E-state index in [9.17, 15) is 4.79 Å². The fourth-order valence-electron chi connectivity index (χ4n) is 3.48. The van der Waals surface area contributed by atoms with Crippen molar-refractivity contribution in [3.63, 3.8) is 0 Å². The second kappa shape index (κ2) is 6.93. The molecule has 1 unspecified atom stereocenters. The molecule has 1 aromatic heterocycles. The van der Waals surface area contributed by atoms with E-state index in [-0.39, 0.29) is 11.9 Å². The Balaban J connectivity index is 1.52. The van der Waals surface area contributed by atoms with E-state index in [1.807, 2.05) is 29.2 Å². The van der Waals surface area contributed by atoms with Crippen molar-refractivity contribution in [2.45, 2.75) is 25.4 Å². The van der Waals surface area contributed by atoms with E-state index in [2.05, 4.69) is 27.4 Å². The van der Waals surface area contributed by atoms with Crippen LogP contribution in [0.1, 0.15) is 30.3 Å². The summed E-state index contributed by atoms with van der Waals surface area (Å²) < 4.78 is 5.50. The van der Waals surface area contributed by atoms with Crippen LogP contribution < -0.4 is 5.32 Å². The van der Waals surface area contributed by atoms with Gasteiger partial charge in [0.2, 0.25) is 5.91 Å². The van der Waals surface area contributed by atoms with Gasteiger partial charge in [0.1, 0.15) is 0 Å². The molecular formula is C18H23N5O2. The summed E-state index contributed by atoms with van der Waals surface area (Å²) in [5.41, 5.74) is 1.98. The van der Waals surface area contributed by atoms with E-state index in [1.165, 1.54) is 0 Å². The lowest BCUT2D eigenvalue weighted by Gasteiger charge is -2.30. The highest BCUT2D eigenvalue weighted by atomic mass is 16.5. The molecule has 0 spiro atoms. The number of hydrogen-bond acceptors (Lipinski definition) is 6. The number of likely N-dealkylation sites (tertiary alicyclic amines) is 1. The zero-order chi connectivity index (χ0) is 17.2. The molecular weight excluding hydrogens is 318 g/mol. The van der Waals surface area contributed by atoms with Gasteiger partial charge in [0.25, 0.3) is 5.89 Å². The van der Waals surface area contributed by atoms with Crippen LogP contribution in [0.4, 0.5) is 0 Å². The summed E-state index contributed by atoms with van der Waals surface area (Å²) in [6, 6.07) is 8.15. The number of nitrogens with zero attached hydrogens (tertiary/aromatic N) is 4. The monoisotopic (exact) mass is 341 g/mol. The highest BCUT2D eigenvalue weighted by molar-refractivity contribution is 5.78. The molecule has 0 saturated carbocycles. The third kappa shape index (κ3) is 3.43. The Labute approximate surface area is 147 Å². The van der Waals surface area contributed by atoms with Crippen molar-refractivity contribution in [2.24, 2.45) is 0 Å². The molecule has 1 amide bonds. The number of aromatic nitrogens is 2. The Hall–Kier alpha value is -2.25. The first-order valence-corrected chi connectivity index (χ1v) is 8.82. The molecule has 1 N–H and O–H groups in total. The summed E-state index contributed by atoms with van der Waals surface area (Å²) in [5, 5.41) is 7.54. The van der Waals surface area contributed by atoms with Crippen LogP contribution >= 0.6 is 0 Å². The first-order valence-electron chi connectivity index (χ1n) is 8.82. The van der Waals surface area contributed by atoms with Crippen molar-refractivity contribution in [3.8, 4) is 11.5 Å². The number of carbonyl (C=O) groups excluding carboxylic acids is 1. The van der Waals surface area contributed by atoms with Gasteiger partial charge in [-0.25, -0.2) is 0 Å². The van der Waals surface area contributed by atoms with Crippen LogP contribution in [0.15, 0.2) is 28.8 Å². The SMILES string of the molecule is CN1CCNCC1c1noc(-c2cccc(CN3CCCC3=O)c2)n1. The van der Waals surface area contributed by atoms with Crippen LogP contribution in [0.3, 0.4) is 0 Å². The lowest BCUT2D eigenvalue weighted by molar-refractivity contribution is -0.128. The molecule has 3 heterocycles. The molecule has 2 aromatic rings. The summed E-state index contributed by atoms with van der Waals surface area (Å²) in [6.45, 7) is 4.26. The first-order chi connectivity index (χ1) is 12.2. The van der Waals surface area contributed by atoms with Crippen LogP contribution in [0, 0.1) is 0 Å². The molecule has 1 atom stereocenters. The molecule has 7 nitrogen and oxygen atoms in total. The van der Waals surface area contributed by atoms with Gasteiger partial charge in [0.05, 0.1) is 6.04 Å². The summed E-state index contributed by atoms with van der Waals surface area (Å²) in [6.07, 6.45) is 1.62. The minimum atomic E-state index is 0.136. The summed E-state index contributed by atoms with van der Waals surface area (Å²) in [4.78, 5) is 20.6. The Bertz CT molecular complexity index is 759. The second-order valence-electron chi connectivity index (χ2n) is 6.78. The van der Waals surface area contributed by atoms with Gasteiger partial charge in [-0.1, -0.05) is 17.3 Å². The minimum absolute atomic E-state index is 0.136. The van der Waals surface area contributed by atoms with Crippen molar-refractivity contribution < 1.29 is 9.32 Å². The fraction of sp³-hybridized carbons (Fsp3) is 0.500. The van der Waals surface area contributed by atoms with E-state index in [1.54, 1.807) is 0 Å². The van der Waals surface area contributed by atoms with E-state index < -0.39 is 0 Å². The highest BCUT2D eigenvalue weighted by Gasteiger charge is 2.25. The fourth-order valence-corrected chi connectivity index (χ4v) is 3.48. The van der Waals surface area contributed by atoms with Gasteiger partial charge in [-0.15, -0.1) is 0 Å². The number of likely N-dealkylation sites (N-methyl/N-ethyl adjacent to an activating group) is 1. The molecule has 25 heavy (non-hydrogen) atoms. The summed E-state index contributed by atoms with van der Waals surface area (Å²) in [5.74, 6) is 1.48. The van der Waals surface area contributed by atoms with Crippen molar-refractivity contribution in [3.05, 3.63) is 35.7 Å². The molecule has 2 fully saturated rings. The largest absolute Gasteiger partial charge is 0.338 e. The zero-order valence-electron chi connectivity index (χ0n) is 14.4. The molecule has 0 radical (unpaired) electrons. The average molecular weight is 341 g/mol. The molecule has 4 rings (SSSR count). The highest BCUT2D eigenvalue weighted by Crippen LogP contribution is 2.24. The van der Waals surface area contributed by atoms with Crippen LogP contribution in [0.2, 0.25) is 0 Å². The quantitative estimate of drug-likeness (QED) is 0.907. The number of amides is 1.